The van der Waals surface area contributed by atoms with Gasteiger partial charge in [0.2, 0.25) is 23.6 Å². The first-order valence-electron chi connectivity index (χ1n) is 30.5. The number of alkyl carbamates (subject to hydrolysis) is 1. The van der Waals surface area contributed by atoms with Crippen LogP contribution in [0.25, 0.3) is 0 Å². The van der Waals surface area contributed by atoms with E-state index in [1.165, 1.54) is 63.0 Å². The molecule has 28 heteroatoms. The van der Waals surface area contributed by atoms with Crippen molar-refractivity contribution in [1.82, 2.24) is 35.1 Å². The number of likely N-dealkylation sites (N-methyl/N-ethyl adjacent to an activating group) is 2. The topological polar surface area (TPSA) is 265 Å². The first-order valence-corrected chi connectivity index (χ1v) is 32.0. The molecule has 24 nitrogen and oxygen atoms in total. The molecular formula is C67H82Cl4N14O10. The average Bonchev–Trinajstić information content (AvgIpc) is 0.850. The number of piperazine rings is 2. The van der Waals surface area contributed by atoms with Crippen LogP contribution in [0.15, 0.2) is 98.6 Å². The third-order valence-electron chi connectivity index (χ3n) is 15.7. The van der Waals surface area contributed by atoms with E-state index in [4.69, 9.17) is 75.8 Å². The lowest BCUT2D eigenvalue weighted by atomic mass is 10.0. The highest BCUT2D eigenvalue weighted by molar-refractivity contribution is 6.39. The van der Waals surface area contributed by atoms with Gasteiger partial charge in [-0.05, 0) is 68.3 Å². The molecule has 5 N–H and O–H groups in total. The van der Waals surface area contributed by atoms with Crippen molar-refractivity contribution >= 4 is 111 Å². The predicted molar refractivity (Wildman–Crippen MR) is 374 cm³/mol. The van der Waals surface area contributed by atoms with Gasteiger partial charge in [-0.1, -0.05) is 71.7 Å². The summed E-state index contributed by atoms with van der Waals surface area (Å²) in [5.74, 6) is 0.876. The van der Waals surface area contributed by atoms with Gasteiger partial charge in [0.25, 0.3) is 0 Å². The number of anilines is 6. The summed E-state index contributed by atoms with van der Waals surface area (Å²) in [6, 6.07) is 18.5. The number of amides is 5. The molecule has 508 valence electrons. The fraction of sp³-hybridized carbons (Fsp3) is 0.388. The van der Waals surface area contributed by atoms with Crippen LogP contribution in [0.5, 0.6) is 23.0 Å². The maximum atomic E-state index is 13.4. The van der Waals surface area contributed by atoms with Gasteiger partial charge >= 0.3 is 6.09 Å². The largest absolute Gasteiger partial charge is 0.495 e. The second kappa shape index (κ2) is 34.8. The van der Waals surface area contributed by atoms with Gasteiger partial charge in [-0.15, -0.1) is 0 Å². The Kier molecular flexibility index (Phi) is 27.1. The van der Waals surface area contributed by atoms with Gasteiger partial charge in [0.15, 0.2) is 0 Å². The van der Waals surface area contributed by atoms with Crippen LogP contribution in [-0.2, 0) is 49.6 Å². The molecule has 5 amide bonds. The molecule has 6 aromatic rings. The summed E-state index contributed by atoms with van der Waals surface area (Å²) in [7, 11) is 9.11. The fourth-order valence-corrected chi connectivity index (χ4v) is 11.7. The molecule has 4 aromatic carbocycles. The number of hydrogen-bond donors (Lipinski definition) is 4. The highest BCUT2D eigenvalue weighted by Gasteiger charge is 2.27. The minimum atomic E-state index is -0.538. The van der Waals surface area contributed by atoms with E-state index in [1.807, 2.05) is 57.2 Å². The van der Waals surface area contributed by atoms with Crippen LogP contribution >= 0.6 is 46.4 Å². The Labute approximate surface area is 574 Å². The monoisotopic (exact) mass is 1380 g/mol. The van der Waals surface area contributed by atoms with E-state index in [0.29, 0.717) is 101 Å². The van der Waals surface area contributed by atoms with Crippen LogP contribution in [0.2, 0.25) is 20.1 Å². The van der Waals surface area contributed by atoms with Crippen molar-refractivity contribution in [3.63, 3.8) is 0 Å². The number of carbonyl (C=O) groups is 5. The molecule has 0 unspecified atom stereocenters. The standard InChI is InChI=1S/C36H45Cl2N7O6.C31H37Cl2N7O4/c1-8-31(46)42-27-19-25(45-15-13-44(14-16-45)12-11-39-35(48)51-36(2,3)4)10-9-23(27)17-24-18-30(41-22-40-24)43(5)32(47)20-26-33(37)28(49-6)21-29(50-7)34(26)38;1-5-28(41)37-24-16-22(40-12-10-39(9-8-34)11-13-40)7-6-20(24)14-21-15-27(36-19-35-21)38(2)29(42)17-23-30(32)25(43-3)18-26(44-4)31(23)33/h8-10,18-19,21-22H,1,11-17,20H2,2-7H3,(H,39,48)(H,42,46);5-7,15-16,18-19H,1,8-14,17,34H2,2-4H3,(H,37,41). The first-order chi connectivity index (χ1) is 45.4. The maximum Gasteiger partial charge on any atom is 0.407 e. The molecule has 8 rings (SSSR count). The Morgan fingerprint density at radius 2 is 0.947 bits per heavy atom. The summed E-state index contributed by atoms with van der Waals surface area (Å²) < 4.78 is 26.6. The van der Waals surface area contributed by atoms with E-state index in [0.717, 1.165) is 81.4 Å². The Hall–Kier alpha value is -8.49. The van der Waals surface area contributed by atoms with E-state index < -0.39 is 11.7 Å². The quantitative estimate of drug-likeness (QED) is 0.0389. The number of methoxy groups -OCH3 is 4. The van der Waals surface area contributed by atoms with Gasteiger partial charge in [-0.25, -0.2) is 24.7 Å². The minimum Gasteiger partial charge on any atom is -0.495 e. The zero-order valence-corrected chi connectivity index (χ0v) is 58.0. The summed E-state index contributed by atoms with van der Waals surface area (Å²) in [5, 5.41) is 9.60. The molecule has 2 fully saturated rings. The van der Waals surface area contributed by atoms with Crippen LogP contribution in [0.3, 0.4) is 0 Å². The van der Waals surface area contributed by atoms with Crippen molar-refractivity contribution in [2.75, 3.05) is 151 Å². The number of aromatic nitrogens is 4. The number of carbonyl (C=O) groups excluding carboxylic acids is 5. The van der Waals surface area contributed by atoms with Gasteiger partial charge in [0, 0.05) is 164 Å². The summed E-state index contributed by atoms with van der Waals surface area (Å²) >= 11 is 26.0. The minimum absolute atomic E-state index is 0.110. The maximum absolute atomic E-state index is 13.4. The fourth-order valence-electron chi connectivity index (χ4n) is 10.4. The lowest BCUT2D eigenvalue weighted by molar-refractivity contribution is -0.118. The molecule has 0 atom stereocenters. The van der Waals surface area contributed by atoms with Gasteiger partial charge in [0.05, 0.1) is 72.8 Å². The van der Waals surface area contributed by atoms with Gasteiger partial charge in [-0.2, -0.15) is 0 Å². The van der Waals surface area contributed by atoms with Crippen LogP contribution in [0.4, 0.5) is 39.2 Å². The average molecular weight is 1390 g/mol. The molecule has 4 heterocycles. The summed E-state index contributed by atoms with van der Waals surface area (Å²) in [5.41, 5.74) is 12.2. The number of benzene rings is 4. The van der Waals surface area contributed by atoms with Crippen molar-refractivity contribution in [1.29, 1.82) is 0 Å². The molecule has 0 saturated carbocycles. The molecule has 0 radical (unpaired) electrons. The van der Waals surface area contributed by atoms with Crippen molar-refractivity contribution < 1.29 is 47.7 Å². The van der Waals surface area contributed by atoms with E-state index in [2.05, 4.69) is 68.6 Å². The Balaban J connectivity index is 0.000000271. The zero-order valence-electron chi connectivity index (χ0n) is 55.0. The third kappa shape index (κ3) is 20.3. The SMILES string of the molecule is C=CC(=O)Nc1cc(N2CCN(CCN)CC2)ccc1Cc1cc(N(C)C(=O)Cc2c(Cl)c(OC)cc(OC)c2Cl)ncn1.C=CC(=O)Nc1cc(N2CCN(CCNC(=O)OC(C)(C)C)CC2)ccc1Cc1cc(N(C)C(=O)Cc2c(Cl)c(OC)cc(OC)c2Cl)ncn1. The second-order valence-electron chi connectivity index (χ2n) is 23.1. The Morgan fingerprint density at radius 3 is 1.29 bits per heavy atom. The summed E-state index contributed by atoms with van der Waals surface area (Å²) in [4.78, 5) is 93.0. The van der Waals surface area contributed by atoms with Crippen molar-refractivity contribution in [3.05, 3.63) is 152 Å². The van der Waals surface area contributed by atoms with E-state index >= 15 is 0 Å². The number of nitrogens with one attached hydrogen (secondary N) is 3. The highest BCUT2D eigenvalue weighted by atomic mass is 35.5. The highest BCUT2D eigenvalue weighted by Crippen LogP contribution is 2.42. The number of halogens is 4. The molecule has 0 bridgehead atoms. The van der Waals surface area contributed by atoms with Crippen molar-refractivity contribution in [2.45, 2.75) is 52.1 Å². The molecule has 95 heavy (non-hydrogen) atoms. The van der Waals surface area contributed by atoms with Gasteiger partial charge in [0.1, 0.15) is 52.9 Å². The lowest BCUT2D eigenvalue weighted by Crippen LogP contribution is -2.48. The number of hydrogen-bond acceptors (Lipinski definition) is 19. The normalized spacial score (nSPS) is 13.3. The first kappa shape index (κ1) is 73.9. The molecule has 0 spiro atoms. The van der Waals surface area contributed by atoms with Crippen LogP contribution in [-0.4, -0.2) is 186 Å². The molecule has 2 aliphatic heterocycles. The molecule has 2 aliphatic rings. The number of nitrogens with zero attached hydrogens (tertiary/aromatic N) is 10. The van der Waals surface area contributed by atoms with Crippen LogP contribution in [0.1, 0.15) is 54.4 Å². The predicted octanol–water partition coefficient (Wildman–Crippen LogP) is 9.17. The zero-order chi connectivity index (χ0) is 69.1. The molecule has 2 aromatic heterocycles. The van der Waals surface area contributed by atoms with E-state index in [9.17, 15) is 24.0 Å². The van der Waals surface area contributed by atoms with Crippen molar-refractivity contribution in [2.24, 2.45) is 5.73 Å². The lowest BCUT2D eigenvalue weighted by Gasteiger charge is -2.36. The van der Waals surface area contributed by atoms with E-state index in [-0.39, 0.29) is 56.6 Å². The Morgan fingerprint density at radius 1 is 0.568 bits per heavy atom. The number of ether oxygens (including phenoxy) is 5. The van der Waals surface area contributed by atoms with E-state index in [1.54, 1.807) is 38.4 Å². The third-order valence-corrected chi connectivity index (χ3v) is 17.3. The summed E-state index contributed by atoms with van der Waals surface area (Å²) in [6.45, 7) is 22.2. The molecule has 0 aliphatic carbocycles. The number of nitrogens with two attached hydrogens (primary N) is 1. The Bertz CT molecular complexity index is 3670. The summed E-state index contributed by atoms with van der Waals surface area (Å²) in [6.07, 6.45) is 5.34. The van der Waals surface area contributed by atoms with Gasteiger partial charge < -0.3 is 55.2 Å². The molecule has 2 saturated heterocycles. The van der Waals surface area contributed by atoms with Crippen LogP contribution < -0.4 is 60.2 Å². The van der Waals surface area contributed by atoms with Crippen molar-refractivity contribution in [3.8, 4) is 23.0 Å². The van der Waals surface area contributed by atoms with Crippen LogP contribution in [0, 0.1) is 0 Å². The second-order valence-corrected chi connectivity index (χ2v) is 24.6. The van der Waals surface area contributed by atoms with Gasteiger partial charge in [-0.3, -0.25) is 38.8 Å². The molecular weight excluding hydrogens is 1300 g/mol. The smallest absolute Gasteiger partial charge is 0.407 e. The number of rotatable bonds is 25.